The molecule has 0 amide bonds. The zero-order valence-electron chi connectivity index (χ0n) is 19.8. The number of carbonyl (C=O) groups excluding carboxylic acids is 1. The Hall–Kier alpha value is -3.50. The van der Waals surface area contributed by atoms with Crippen LogP contribution in [0.3, 0.4) is 0 Å². The first-order chi connectivity index (χ1) is 16.7. The van der Waals surface area contributed by atoms with Crippen molar-refractivity contribution in [3.05, 3.63) is 59.7 Å². The lowest BCUT2D eigenvalue weighted by Gasteiger charge is -2.12. The zero-order valence-corrected chi connectivity index (χ0v) is 20.6. The van der Waals surface area contributed by atoms with Gasteiger partial charge < -0.3 is 15.0 Å². The number of anilines is 1. The number of rotatable bonds is 9. The number of fused-ring (bicyclic) bond motifs is 2. The minimum atomic E-state index is -3.76. The topological polar surface area (TPSA) is 143 Å². The maximum Gasteiger partial charge on any atom is 0.344 e. The molecule has 0 aliphatic rings. The van der Waals surface area contributed by atoms with Gasteiger partial charge in [-0.2, -0.15) is 0 Å². The van der Waals surface area contributed by atoms with E-state index < -0.39 is 16.0 Å². The molecule has 0 atom stereocenters. The van der Waals surface area contributed by atoms with E-state index >= 15 is 0 Å². The first kappa shape index (κ1) is 24.6. The lowest BCUT2D eigenvalue weighted by atomic mass is 10.1. The third-order valence-electron chi connectivity index (χ3n) is 6.28. The van der Waals surface area contributed by atoms with Crippen molar-refractivity contribution in [1.82, 2.24) is 14.5 Å². The molecule has 0 saturated heterocycles. The third-order valence-corrected chi connectivity index (χ3v) is 7.21. The zero-order chi connectivity index (χ0) is 25.2. The Balaban J connectivity index is 1.71. The fourth-order valence-corrected chi connectivity index (χ4v) is 4.54. The van der Waals surface area contributed by atoms with Gasteiger partial charge in [0.05, 0.1) is 22.5 Å². The molecule has 4 rings (SSSR count). The van der Waals surface area contributed by atoms with Crippen molar-refractivity contribution < 1.29 is 17.9 Å². The van der Waals surface area contributed by atoms with E-state index in [1.165, 1.54) is 12.1 Å². The first-order valence-electron chi connectivity index (χ1n) is 11.6. The maximum atomic E-state index is 13.1. The summed E-state index contributed by atoms with van der Waals surface area (Å²) in [5, 5.41) is 5.18. The van der Waals surface area contributed by atoms with Crippen LogP contribution in [0.5, 0.6) is 0 Å². The van der Waals surface area contributed by atoms with E-state index in [2.05, 4.69) is 13.8 Å². The first-order valence-corrected chi connectivity index (χ1v) is 13.1. The highest BCUT2D eigenvalue weighted by Gasteiger charge is 2.25. The van der Waals surface area contributed by atoms with Gasteiger partial charge in [0, 0.05) is 6.54 Å². The molecule has 10 heteroatoms. The van der Waals surface area contributed by atoms with Crippen molar-refractivity contribution in [3.8, 4) is 0 Å². The highest BCUT2D eigenvalue weighted by molar-refractivity contribution is 7.89. The van der Waals surface area contributed by atoms with Gasteiger partial charge in [0.15, 0.2) is 5.65 Å². The van der Waals surface area contributed by atoms with E-state index in [1.54, 1.807) is 16.7 Å². The van der Waals surface area contributed by atoms with Crippen LogP contribution in [-0.4, -0.2) is 35.5 Å². The maximum absolute atomic E-state index is 13.1. The number of nitrogens with zero attached hydrogens (tertiary/aromatic N) is 3. The van der Waals surface area contributed by atoms with E-state index in [0.29, 0.717) is 41.8 Å². The Morgan fingerprint density at radius 2 is 1.66 bits per heavy atom. The van der Waals surface area contributed by atoms with E-state index in [9.17, 15) is 13.2 Å². The molecule has 2 aromatic heterocycles. The summed E-state index contributed by atoms with van der Waals surface area (Å²) in [5.74, 6) is 0.00647. The van der Waals surface area contributed by atoms with E-state index in [4.69, 9.17) is 25.6 Å². The predicted octanol–water partition coefficient (Wildman–Crippen LogP) is 3.65. The summed E-state index contributed by atoms with van der Waals surface area (Å²) in [6.45, 7) is 4.85. The van der Waals surface area contributed by atoms with Crippen molar-refractivity contribution in [2.24, 2.45) is 11.1 Å². The molecule has 35 heavy (non-hydrogen) atoms. The van der Waals surface area contributed by atoms with Crippen LogP contribution >= 0.6 is 0 Å². The number of carbonyl (C=O) groups is 1. The molecule has 4 aromatic rings. The highest BCUT2D eigenvalue weighted by atomic mass is 32.2. The number of aryl methyl sites for hydroxylation is 2. The highest BCUT2D eigenvalue weighted by Crippen LogP contribution is 2.29. The van der Waals surface area contributed by atoms with Gasteiger partial charge in [-0.3, -0.25) is 0 Å². The fourth-order valence-electron chi connectivity index (χ4n) is 4.02. The Kier molecular flexibility index (Phi) is 7.04. The molecular formula is C25H29N5O4S. The number of nitrogens with two attached hydrogens (primary N) is 2. The molecule has 0 aliphatic carbocycles. The van der Waals surface area contributed by atoms with Crippen LogP contribution in [-0.2, 0) is 27.7 Å². The minimum absolute atomic E-state index is 0.0482. The van der Waals surface area contributed by atoms with Gasteiger partial charge in [-0.15, -0.1) is 0 Å². The number of hydrogen-bond acceptors (Lipinski definition) is 7. The number of primary sulfonamides is 1. The molecule has 0 fully saturated rings. The number of sulfonamides is 1. The lowest BCUT2D eigenvalue weighted by molar-refractivity contribution is 0.0436. The van der Waals surface area contributed by atoms with Crippen molar-refractivity contribution in [3.63, 3.8) is 0 Å². The van der Waals surface area contributed by atoms with Gasteiger partial charge in [-0.25, -0.2) is 28.3 Å². The van der Waals surface area contributed by atoms with Crippen LogP contribution < -0.4 is 10.9 Å². The van der Waals surface area contributed by atoms with Crippen LogP contribution in [0.4, 0.5) is 5.82 Å². The normalized spacial score (nSPS) is 12.0. The lowest BCUT2D eigenvalue weighted by Crippen LogP contribution is -2.15. The number of benzene rings is 2. The second-order valence-corrected chi connectivity index (χ2v) is 10.1. The summed E-state index contributed by atoms with van der Waals surface area (Å²) in [7, 11) is -3.76. The molecule has 0 aliphatic heterocycles. The molecule has 0 spiro atoms. The summed E-state index contributed by atoms with van der Waals surface area (Å²) in [6, 6.07) is 13.8. The van der Waals surface area contributed by atoms with E-state index in [0.717, 1.165) is 18.4 Å². The van der Waals surface area contributed by atoms with Gasteiger partial charge in [-0.1, -0.05) is 51.0 Å². The SMILES string of the molecule is CCC(CC)COC(=O)c1c(N)n(CCc2ccc(S(N)(=O)=O)cc2)c2nc3ccccc3nc12. The largest absolute Gasteiger partial charge is 0.462 e. The summed E-state index contributed by atoms with van der Waals surface area (Å²) >= 11 is 0. The number of para-hydroxylation sites is 2. The van der Waals surface area contributed by atoms with Crippen LogP contribution in [0.2, 0.25) is 0 Å². The molecular weight excluding hydrogens is 466 g/mol. The van der Waals surface area contributed by atoms with Crippen LogP contribution in [0.25, 0.3) is 22.2 Å². The number of aromatic nitrogens is 3. The Morgan fingerprint density at radius 1 is 1.03 bits per heavy atom. The summed E-state index contributed by atoms with van der Waals surface area (Å²) in [5.41, 5.74) is 9.82. The average Bonchev–Trinajstić information content (AvgIpc) is 3.11. The number of hydrogen-bond donors (Lipinski definition) is 2. The molecule has 0 bridgehead atoms. The van der Waals surface area contributed by atoms with Crippen LogP contribution in [0.1, 0.15) is 42.6 Å². The standard InChI is InChI=1S/C25H29N5O4S/c1-3-16(4-2)15-34-25(31)21-22-24(29-20-8-6-5-7-19(20)28-22)30(23(21)26)14-13-17-9-11-18(12-10-17)35(27,32)33/h5-12,16H,3-4,13-15,26H2,1-2H3,(H2,27,32,33). The summed E-state index contributed by atoms with van der Waals surface area (Å²) in [6.07, 6.45) is 2.35. The van der Waals surface area contributed by atoms with Crippen LogP contribution in [0, 0.1) is 5.92 Å². The Morgan fingerprint density at radius 3 is 2.26 bits per heavy atom. The molecule has 2 heterocycles. The van der Waals surface area contributed by atoms with Crippen molar-refractivity contribution in [1.29, 1.82) is 0 Å². The van der Waals surface area contributed by atoms with Gasteiger partial charge in [0.1, 0.15) is 16.9 Å². The number of esters is 1. The molecule has 0 radical (unpaired) electrons. The molecule has 9 nitrogen and oxygen atoms in total. The number of ether oxygens (including phenoxy) is 1. The minimum Gasteiger partial charge on any atom is -0.462 e. The molecule has 0 unspecified atom stereocenters. The molecule has 0 saturated carbocycles. The van der Waals surface area contributed by atoms with Gasteiger partial charge >= 0.3 is 5.97 Å². The average molecular weight is 496 g/mol. The number of nitrogen functional groups attached to an aromatic ring is 1. The van der Waals surface area contributed by atoms with Crippen LogP contribution in [0.15, 0.2) is 53.4 Å². The van der Waals surface area contributed by atoms with Crippen molar-refractivity contribution >= 4 is 44.0 Å². The summed E-state index contributed by atoms with van der Waals surface area (Å²) < 4.78 is 30.4. The van der Waals surface area contributed by atoms with Gasteiger partial charge in [0.25, 0.3) is 0 Å². The predicted molar refractivity (Wildman–Crippen MR) is 135 cm³/mol. The van der Waals surface area contributed by atoms with Crippen molar-refractivity contribution in [2.75, 3.05) is 12.3 Å². The second-order valence-electron chi connectivity index (χ2n) is 8.52. The second kappa shape index (κ2) is 10.0. The van der Waals surface area contributed by atoms with Gasteiger partial charge in [-0.05, 0) is 42.2 Å². The quantitative estimate of drug-likeness (QED) is 0.337. The third kappa shape index (κ3) is 5.13. The monoisotopic (exact) mass is 495 g/mol. The smallest absolute Gasteiger partial charge is 0.344 e. The molecule has 4 N–H and O–H groups in total. The van der Waals surface area contributed by atoms with Gasteiger partial charge in [0.2, 0.25) is 10.0 Å². The molecule has 184 valence electrons. The van der Waals surface area contributed by atoms with Crippen molar-refractivity contribution in [2.45, 2.75) is 44.6 Å². The molecule has 2 aromatic carbocycles. The fraction of sp³-hybridized carbons (Fsp3) is 0.320. The van der Waals surface area contributed by atoms with E-state index in [-0.39, 0.29) is 22.2 Å². The Labute approximate surface area is 204 Å². The summed E-state index contributed by atoms with van der Waals surface area (Å²) in [4.78, 5) is 22.6. The van der Waals surface area contributed by atoms with E-state index in [1.807, 2.05) is 24.3 Å². The Bertz CT molecular complexity index is 1480.